The molecular formula is C19H15N4NaO3S+2. The number of nitrogens with zero attached hydrogens (tertiary/aromatic N) is 2. The molecule has 0 fully saturated rings. The van der Waals surface area contributed by atoms with E-state index in [0.717, 1.165) is 10.2 Å². The Morgan fingerprint density at radius 1 is 1.18 bits per heavy atom. The Balaban J connectivity index is 0.00000192. The molecule has 2 N–H and O–H groups in total. The van der Waals surface area contributed by atoms with E-state index in [2.05, 4.69) is 10.1 Å². The number of furan rings is 1. The maximum Gasteiger partial charge on any atom is 1.00 e. The Kier molecular flexibility index (Phi) is 4.88. The van der Waals surface area contributed by atoms with Crippen molar-refractivity contribution in [3.8, 4) is 5.13 Å². The molecule has 0 saturated heterocycles. The van der Waals surface area contributed by atoms with Crippen molar-refractivity contribution in [2.75, 3.05) is 0 Å². The molecular weight excluding hydrogens is 387 g/mol. The van der Waals surface area contributed by atoms with Crippen LogP contribution >= 0.6 is 11.3 Å². The molecule has 0 aliphatic heterocycles. The third-order valence-corrected chi connectivity index (χ3v) is 5.71. The van der Waals surface area contributed by atoms with Gasteiger partial charge in [-0.25, -0.2) is 14.9 Å². The topological polar surface area (TPSA) is 87.1 Å². The van der Waals surface area contributed by atoms with Gasteiger partial charge in [0, 0.05) is 11.8 Å². The summed E-state index contributed by atoms with van der Waals surface area (Å²) in [4.78, 5) is 28.9. The minimum atomic E-state index is -0.196. The number of thiazole rings is 1. The van der Waals surface area contributed by atoms with Crippen LogP contribution in [0.25, 0.3) is 26.3 Å². The number of aromatic amines is 2. The van der Waals surface area contributed by atoms with Gasteiger partial charge in [-0.1, -0.05) is 16.8 Å². The van der Waals surface area contributed by atoms with E-state index in [9.17, 15) is 9.59 Å². The fraction of sp³-hybridized carbons (Fsp3) is 0.105. The van der Waals surface area contributed by atoms with Gasteiger partial charge >= 0.3 is 40.2 Å². The number of hydrogen-bond donors (Lipinski definition) is 1. The van der Waals surface area contributed by atoms with E-state index in [1.165, 1.54) is 22.1 Å². The number of benzene rings is 1. The zero-order chi connectivity index (χ0) is 18.5. The molecule has 0 radical (unpaired) electrons. The molecule has 4 aromatic heterocycles. The van der Waals surface area contributed by atoms with Crippen molar-refractivity contribution in [3.05, 3.63) is 80.9 Å². The van der Waals surface area contributed by atoms with E-state index in [1.807, 2.05) is 24.3 Å². The Bertz CT molecular complexity index is 1380. The van der Waals surface area contributed by atoms with Crippen LogP contribution in [0.2, 0.25) is 0 Å². The van der Waals surface area contributed by atoms with Crippen molar-refractivity contribution in [1.82, 2.24) is 14.3 Å². The SMILES string of the molecule is Cc1c2c(=O)n(-c3[nH+]c4ccccc4s3)[nH]c2cc(=O)n1Cc1ccco1.[Na+]. The van der Waals surface area contributed by atoms with Crippen molar-refractivity contribution < 1.29 is 39.0 Å². The molecule has 0 aliphatic carbocycles. The maximum absolute atomic E-state index is 13.1. The maximum atomic E-state index is 13.1. The average molecular weight is 402 g/mol. The molecule has 9 heteroatoms. The molecule has 0 aliphatic rings. The van der Waals surface area contributed by atoms with E-state index in [1.54, 1.807) is 29.9 Å². The summed E-state index contributed by atoms with van der Waals surface area (Å²) in [7, 11) is 0. The molecule has 7 nitrogen and oxygen atoms in total. The van der Waals surface area contributed by atoms with E-state index < -0.39 is 0 Å². The normalized spacial score (nSPS) is 11.2. The van der Waals surface area contributed by atoms with Crippen LogP contribution in [-0.4, -0.2) is 14.3 Å². The van der Waals surface area contributed by atoms with E-state index in [0.29, 0.717) is 27.5 Å². The van der Waals surface area contributed by atoms with Gasteiger partial charge in [0.25, 0.3) is 5.56 Å². The zero-order valence-corrected chi connectivity index (χ0v) is 18.2. The summed E-state index contributed by atoms with van der Waals surface area (Å²) >= 11 is 1.47. The Labute approximate surface area is 184 Å². The summed E-state index contributed by atoms with van der Waals surface area (Å²) in [6.45, 7) is 2.06. The summed E-state index contributed by atoms with van der Waals surface area (Å²) in [6, 6.07) is 12.9. The third-order valence-electron chi connectivity index (χ3n) is 4.65. The van der Waals surface area contributed by atoms with Gasteiger partial charge in [-0.05, 0) is 42.5 Å². The van der Waals surface area contributed by atoms with Crippen LogP contribution in [0.15, 0.2) is 62.7 Å². The number of rotatable bonds is 3. The molecule has 1 aromatic carbocycles. The molecule has 0 amide bonds. The Hall–Kier alpha value is -2.39. The molecule has 4 heterocycles. The number of nitrogens with one attached hydrogen (secondary N) is 2. The van der Waals surface area contributed by atoms with Crippen LogP contribution in [0.5, 0.6) is 0 Å². The Morgan fingerprint density at radius 3 is 2.75 bits per heavy atom. The zero-order valence-electron chi connectivity index (χ0n) is 15.4. The van der Waals surface area contributed by atoms with Crippen LogP contribution in [0.4, 0.5) is 0 Å². The van der Waals surface area contributed by atoms with Crippen LogP contribution in [-0.2, 0) is 6.54 Å². The van der Waals surface area contributed by atoms with Gasteiger partial charge in [0.05, 0.1) is 23.0 Å². The van der Waals surface area contributed by atoms with Gasteiger partial charge in [0.2, 0.25) is 0 Å². The first-order chi connectivity index (χ1) is 13.1. The average Bonchev–Trinajstić information content (AvgIpc) is 3.37. The number of pyridine rings is 1. The number of aromatic nitrogens is 4. The van der Waals surface area contributed by atoms with Gasteiger partial charge in [0.15, 0.2) is 0 Å². The van der Waals surface area contributed by atoms with Crippen LogP contribution in [0, 0.1) is 6.92 Å². The number of fused-ring (bicyclic) bond motifs is 2. The third kappa shape index (κ3) is 2.98. The van der Waals surface area contributed by atoms with E-state index in [4.69, 9.17) is 4.42 Å². The van der Waals surface area contributed by atoms with Crippen molar-refractivity contribution in [2.45, 2.75) is 13.5 Å². The fourth-order valence-corrected chi connectivity index (χ4v) is 4.28. The minimum absolute atomic E-state index is 0. The van der Waals surface area contributed by atoms with Gasteiger partial charge in [-0.2, -0.15) is 0 Å². The largest absolute Gasteiger partial charge is 1.00 e. The molecule has 0 spiro atoms. The van der Waals surface area contributed by atoms with Crippen molar-refractivity contribution in [1.29, 1.82) is 0 Å². The van der Waals surface area contributed by atoms with Crippen molar-refractivity contribution >= 4 is 32.5 Å². The molecule has 0 unspecified atom stereocenters. The molecule has 0 bridgehead atoms. The predicted octanol–water partition coefficient (Wildman–Crippen LogP) is -0.537. The van der Waals surface area contributed by atoms with Crippen LogP contribution < -0.4 is 45.7 Å². The standard InChI is InChI=1S/C19H14N4O3S.Na/c1-11-17-14(9-16(24)22(11)10-12-5-4-8-26-12)21-23(18(17)25)19-20-13-6-2-3-7-15(13)27-19;/h2-9,21H,10H2,1H3;/q;+1/p+1. The van der Waals surface area contributed by atoms with Crippen LogP contribution in [0.1, 0.15) is 11.5 Å². The molecule has 134 valence electrons. The summed E-state index contributed by atoms with van der Waals surface area (Å²) in [5.74, 6) is 0.660. The first-order valence-electron chi connectivity index (χ1n) is 8.40. The van der Waals surface area contributed by atoms with Gasteiger partial charge in [-0.3, -0.25) is 4.79 Å². The van der Waals surface area contributed by atoms with Gasteiger partial charge in [0.1, 0.15) is 16.7 Å². The minimum Gasteiger partial charge on any atom is -0.467 e. The van der Waals surface area contributed by atoms with Crippen molar-refractivity contribution in [2.24, 2.45) is 0 Å². The van der Waals surface area contributed by atoms with E-state index >= 15 is 0 Å². The predicted molar refractivity (Wildman–Crippen MR) is 103 cm³/mol. The summed E-state index contributed by atoms with van der Waals surface area (Å²) < 4.78 is 9.40. The monoisotopic (exact) mass is 402 g/mol. The second-order valence-electron chi connectivity index (χ2n) is 6.30. The first-order valence-corrected chi connectivity index (χ1v) is 9.22. The molecule has 0 saturated carbocycles. The van der Waals surface area contributed by atoms with E-state index in [-0.39, 0.29) is 47.2 Å². The first kappa shape index (κ1) is 18.9. The second-order valence-corrected chi connectivity index (χ2v) is 7.33. The van der Waals surface area contributed by atoms with Gasteiger partial charge < -0.3 is 8.98 Å². The smallest absolute Gasteiger partial charge is 0.467 e. The molecule has 5 rings (SSSR count). The van der Waals surface area contributed by atoms with Crippen LogP contribution in [0.3, 0.4) is 0 Å². The van der Waals surface area contributed by atoms with Crippen molar-refractivity contribution in [3.63, 3.8) is 0 Å². The van der Waals surface area contributed by atoms with Gasteiger partial charge in [-0.15, -0.1) is 0 Å². The number of aryl methyl sites for hydroxylation is 1. The quantitative estimate of drug-likeness (QED) is 0.412. The molecule has 28 heavy (non-hydrogen) atoms. The fourth-order valence-electron chi connectivity index (χ4n) is 3.31. The second kappa shape index (κ2) is 7.21. The summed E-state index contributed by atoms with van der Waals surface area (Å²) in [6.07, 6.45) is 1.56. The molecule has 5 aromatic rings. The number of hydrogen-bond acceptors (Lipinski definition) is 4. The number of para-hydroxylation sites is 1. The Morgan fingerprint density at radius 2 is 2.00 bits per heavy atom. The number of H-pyrrole nitrogens is 2. The summed E-state index contributed by atoms with van der Waals surface area (Å²) in [5.41, 5.74) is 1.69. The molecule has 0 atom stereocenters. The summed E-state index contributed by atoms with van der Waals surface area (Å²) in [5, 5.41) is 4.22.